The van der Waals surface area contributed by atoms with Gasteiger partial charge in [-0.05, 0) is 36.8 Å². The molecule has 0 spiro atoms. The highest BCUT2D eigenvalue weighted by Gasteiger charge is 2.05. The molecule has 0 radical (unpaired) electrons. The lowest BCUT2D eigenvalue weighted by atomic mass is 10.2. The van der Waals surface area contributed by atoms with Crippen molar-refractivity contribution in [2.24, 2.45) is 0 Å². The van der Waals surface area contributed by atoms with Crippen LogP contribution in [0.2, 0.25) is 0 Å². The summed E-state index contributed by atoms with van der Waals surface area (Å²) in [5, 5.41) is 0. The van der Waals surface area contributed by atoms with Crippen LogP contribution in [0.1, 0.15) is 5.56 Å². The molecule has 82 valence electrons. The Hall–Kier alpha value is -1.61. The lowest BCUT2D eigenvalue weighted by Gasteiger charge is -2.04. The summed E-state index contributed by atoms with van der Waals surface area (Å²) in [5.74, 6) is 0.627. The highest BCUT2D eigenvalue weighted by atomic mass is 32.2. The van der Waals surface area contributed by atoms with E-state index in [0.29, 0.717) is 10.6 Å². The minimum Gasteiger partial charge on any atom is -0.397 e. The van der Waals surface area contributed by atoms with Gasteiger partial charge in [0.2, 0.25) is 11.1 Å². The molecule has 0 bridgehead atoms. The van der Waals surface area contributed by atoms with Crippen molar-refractivity contribution in [2.45, 2.75) is 11.8 Å². The number of hydrogen-bond donors (Lipinski definition) is 0. The van der Waals surface area contributed by atoms with E-state index in [9.17, 15) is 4.21 Å². The third-order valence-electron chi connectivity index (χ3n) is 2.10. The van der Waals surface area contributed by atoms with Crippen molar-refractivity contribution < 1.29 is 8.39 Å². The smallest absolute Gasteiger partial charge is 0.240 e. The van der Waals surface area contributed by atoms with Crippen molar-refractivity contribution in [3.05, 3.63) is 60.2 Å². The molecule has 0 fully saturated rings. The fourth-order valence-corrected chi connectivity index (χ4v) is 2.09. The van der Waals surface area contributed by atoms with Crippen molar-refractivity contribution >= 4 is 11.1 Å². The van der Waals surface area contributed by atoms with E-state index in [1.54, 1.807) is 18.2 Å². The van der Waals surface area contributed by atoms with E-state index in [2.05, 4.69) is 0 Å². The van der Waals surface area contributed by atoms with E-state index in [1.807, 2.05) is 43.3 Å². The summed E-state index contributed by atoms with van der Waals surface area (Å²) in [5.41, 5.74) is 1.09. The van der Waals surface area contributed by atoms with Gasteiger partial charge >= 0.3 is 0 Å². The Labute approximate surface area is 97.6 Å². The van der Waals surface area contributed by atoms with Crippen LogP contribution in [0.5, 0.6) is 5.75 Å². The summed E-state index contributed by atoms with van der Waals surface area (Å²) in [6, 6.07) is 16.6. The van der Waals surface area contributed by atoms with Crippen LogP contribution in [0.3, 0.4) is 0 Å². The van der Waals surface area contributed by atoms with Crippen LogP contribution in [0.15, 0.2) is 59.5 Å². The summed E-state index contributed by atoms with van der Waals surface area (Å²) >= 11 is -1.44. The van der Waals surface area contributed by atoms with Gasteiger partial charge in [-0.1, -0.05) is 30.3 Å². The minimum absolute atomic E-state index is 0.627. The second-order valence-electron chi connectivity index (χ2n) is 3.45. The molecule has 1 unspecified atom stereocenters. The lowest BCUT2D eigenvalue weighted by Crippen LogP contribution is -2.00. The predicted molar refractivity (Wildman–Crippen MR) is 64.7 cm³/mol. The Bertz CT molecular complexity index is 494. The molecule has 3 heteroatoms. The summed E-state index contributed by atoms with van der Waals surface area (Å²) in [4.78, 5) is 0.670. The standard InChI is InChI=1S/C13H12O2S/c1-11-6-5-7-12(10-11)15-16(14)13-8-3-2-4-9-13/h2-10H,1H3. The zero-order chi connectivity index (χ0) is 11.4. The van der Waals surface area contributed by atoms with Crippen LogP contribution < -0.4 is 4.18 Å². The molecule has 0 N–H and O–H groups in total. The number of aryl methyl sites for hydroxylation is 1. The van der Waals surface area contributed by atoms with Gasteiger partial charge in [-0.2, -0.15) is 0 Å². The molecule has 0 saturated carbocycles. The van der Waals surface area contributed by atoms with E-state index in [4.69, 9.17) is 4.18 Å². The highest BCUT2D eigenvalue weighted by molar-refractivity contribution is 7.80. The van der Waals surface area contributed by atoms with Gasteiger partial charge in [0.15, 0.2) is 0 Å². The molecule has 0 aliphatic rings. The number of hydrogen-bond acceptors (Lipinski definition) is 2. The van der Waals surface area contributed by atoms with Gasteiger partial charge in [-0.15, -0.1) is 0 Å². The Morgan fingerprint density at radius 3 is 2.44 bits per heavy atom. The zero-order valence-electron chi connectivity index (χ0n) is 8.92. The molecule has 1 atom stereocenters. The SMILES string of the molecule is Cc1cccc(OS(=O)c2ccccc2)c1. The predicted octanol–water partition coefficient (Wildman–Crippen LogP) is 3.10. The first kappa shape index (κ1) is 10.9. The third-order valence-corrected chi connectivity index (χ3v) is 3.10. The zero-order valence-corrected chi connectivity index (χ0v) is 9.74. The Kier molecular flexibility index (Phi) is 3.37. The highest BCUT2D eigenvalue weighted by Crippen LogP contribution is 2.16. The van der Waals surface area contributed by atoms with Crippen molar-refractivity contribution in [3.8, 4) is 5.75 Å². The van der Waals surface area contributed by atoms with E-state index >= 15 is 0 Å². The van der Waals surface area contributed by atoms with Crippen LogP contribution in [-0.2, 0) is 11.1 Å². The lowest BCUT2D eigenvalue weighted by molar-refractivity contribution is 0.561. The largest absolute Gasteiger partial charge is 0.397 e. The van der Waals surface area contributed by atoms with Gasteiger partial charge in [0.1, 0.15) is 5.75 Å². The molecular formula is C13H12O2S. The fraction of sp³-hybridized carbons (Fsp3) is 0.0769. The average molecular weight is 232 g/mol. The molecule has 16 heavy (non-hydrogen) atoms. The summed E-state index contributed by atoms with van der Waals surface area (Å²) < 4.78 is 17.2. The second-order valence-corrected chi connectivity index (χ2v) is 4.56. The number of rotatable bonds is 3. The molecule has 0 heterocycles. The maximum Gasteiger partial charge on any atom is 0.240 e. The quantitative estimate of drug-likeness (QED) is 0.812. The van der Waals surface area contributed by atoms with Gasteiger partial charge in [0.25, 0.3) is 0 Å². The monoisotopic (exact) mass is 232 g/mol. The molecule has 0 aliphatic carbocycles. The Balaban J connectivity index is 2.14. The molecular weight excluding hydrogens is 220 g/mol. The van der Waals surface area contributed by atoms with Crippen LogP contribution in [0.25, 0.3) is 0 Å². The second kappa shape index (κ2) is 4.94. The van der Waals surface area contributed by atoms with Gasteiger partial charge in [0, 0.05) is 0 Å². The molecule has 2 rings (SSSR count). The molecule has 2 aromatic carbocycles. The molecule has 2 aromatic rings. The van der Waals surface area contributed by atoms with E-state index < -0.39 is 11.1 Å². The maximum atomic E-state index is 11.8. The summed E-state index contributed by atoms with van der Waals surface area (Å²) in [7, 11) is 0. The van der Waals surface area contributed by atoms with Crippen molar-refractivity contribution in [1.29, 1.82) is 0 Å². The molecule has 0 aromatic heterocycles. The van der Waals surface area contributed by atoms with Gasteiger partial charge in [0.05, 0.1) is 4.90 Å². The third kappa shape index (κ3) is 2.70. The normalized spacial score (nSPS) is 12.1. The Morgan fingerprint density at radius 1 is 1.00 bits per heavy atom. The first-order valence-electron chi connectivity index (χ1n) is 4.97. The van der Waals surface area contributed by atoms with Crippen molar-refractivity contribution in [2.75, 3.05) is 0 Å². The molecule has 2 nitrogen and oxygen atoms in total. The van der Waals surface area contributed by atoms with Gasteiger partial charge < -0.3 is 4.18 Å². The van der Waals surface area contributed by atoms with Crippen LogP contribution in [0.4, 0.5) is 0 Å². The van der Waals surface area contributed by atoms with E-state index in [0.717, 1.165) is 5.56 Å². The maximum absolute atomic E-state index is 11.8. The van der Waals surface area contributed by atoms with Gasteiger partial charge in [-0.3, -0.25) is 0 Å². The van der Waals surface area contributed by atoms with Crippen molar-refractivity contribution in [1.82, 2.24) is 0 Å². The molecule has 0 saturated heterocycles. The van der Waals surface area contributed by atoms with E-state index in [1.165, 1.54) is 0 Å². The minimum atomic E-state index is -1.44. The topological polar surface area (TPSA) is 26.3 Å². The summed E-state index contributed by atoms with van der Waals surface area (Å²) in [6.07, 6.45) is 0. The summed E-state index contributed by atoms with van der Waals surface area (Å²) in [6.45, 7) is 1.97. The number of benzene rings is 2. The van der Waals surface area contributed by atoms with Gasteiger partial charge in [-0.25, -0.2) is 4.21 Å². The molecule has 0 aliphatic heterocycles. The van der Waals surface area contributed by atoms with Crippen LogP contribution in [-0.4, -0.2) is 4.21 Å². The van der Waals surface area contributed by atoms with Crippen molar-refractivity contribution in [3.63, 3.8) is 0 Å². The fourth-order valence-electron chi connectivity index (χ4n) is 1.33. The molecule has 0 amide bonds. The first-order chi connectivity index (χ1) is 7.75. The van der Waals surface area contributed by atoms with Crippen LogP contribution in [0, 0.1) is 6.92 Å². The van der Waals surface area contributed by atoms with E-state index in [-0.39, 0.29) is 0 Å². The Morgan fingerprint density at radius 2 is 1.75 bits per heavy atom. The first-order valence-corrected chi connectivity index (χ1v) is 6.05. The van der Waals surface area contributed by atoms with Crippen LogP contribution >= 0.6 is 0 Å². The average Bonchev–Trinajstić information content (AvgIpc) is 2.30.